The lowest BCUT2D eigenvalue weighted by Gasteiger charge is -2.07. The maximum Gasteiger partial charge on any atom is 0.134 e. The number of fused-ring (bicyclic) bond motifs is 1. The lowest BCUT2D eigenvalue weighted by molar-refractivity contribution is 0.611. The van der Waals surface area contributed by atoms with Gasteiger partial charge in [0.2, 0.25) is 0 Å². The van der Waals surface area contributed by atoms with Gasteiger partial charge >= 0.3 is 0 Å². The van der Waals surface area contributed by atoms with Crippen LogP contribution in [0.4, 0.5) is 5.69 Å². The summed E-state index contributed by atoms with van der Waals surface area (Å²) in [6.45, 7) is 0.614. The second-order valence-electron chi connectivity index (χ2n) is 4.42. The summed E-state index contributed by atoms with van der Waals surface area (Å²) in [4.78, 5) is 0. The van der Waals surface area contributed by atoms with Gasteiger partial charge < -0.3 is 9.73 Å². The van der Waals surface area contributed by atoms with Crippen LogP contribution in [0.25, 0.3) is 11.0 Å². The Morgan fingerprint density at radius 3 is 2.85 bits per heavy atom. The fraction of sp³-hybridized carbons (Fsp3) is 0.0625. The number of furan rings is 1. The average molecular weight is 283 g/mol. The van der Waals surface area contributed by atoms with Crippen molar-refractivity contribution in [2.75, 3.05) is 5.32 Å². The molecule has 0 unspecified atom stereocenters. The Kier molecular flexibility index (Phi) is 3.32. The standard InChI is InChI=1S/C16H11ClN2O/c17-14-7-11(8-18)5-6-15(14)19-9-12-10-20-16-4-2-1-3-13(12)16/h1-7,10,19H,9H2. The van der Waals surface area contributed by atoms with E-state index in [9.17, 15) is 0 Å². The maximum absolute atomic E-state index is 8.81. The highest BCUT2D eigenvalue weighted by Gasteiger charge is 2.06. The van der Waals surface area contributed by atoms with E-state index in [-0.39, 0.29) is 0 Å². The minimum absolute atomic E-state index is 0.539. The molecule has 0 fully saturated rings. The normalized spacial score (nSPS) is 10.4. The van der Waals surface area contributed by atoms with E-state index < -0.39 is 0 Å². The Bertz CT molecular complexity index is 802. The number of rotatable bonds is 3. The summed E-state index contributed by atoms with van der Waals surface area (Å²) in [6, 6.07) is 15.1. The molecule has 0 radical (unpaired) electrons. The summed E-state index contributed by atoms with van der Waals surface area (Å²) < 4.78 is 5.49. The molecule has 0 saturated heterocycles. The zero-order valence-corrected chi connectivity index (χ0v) is 11.3. The second kappa shape index (κ2) is 5.28. The molecule has 0 saturated carbocycles. The highest BCUT2D eigenvalue weighted by atomic mass is 35.5. The van der Waals surface area contributed by atoms with E-state index in [1.165, 1.54) is 0 Å². The molecular formula is C16H11ClN2O. The van der Waals surface area contributed by atoms with Gasteiger partial charge in [-0.1, -0.05) is 29.8 Å². The summed E-state index contributed by atoms with van der Waals surface area (Å²) in [6.07, 6.45) is 1.75. The maximum atomic E-state index is 8.81. The van der Waals surface area contributed by atoms with E-state index in [4.69, 9.17) is 21.3 Å². The summed E-state index contributed by atoms with van der Waals surface area (Å²) in [5.74, 6) is 0. The van der Waals surface area contributed by atoms with Crippen molar-refractivity contribution in [3.8, 4) is 6.07 Å². The lowest BCUT2D eigenvalue weighted by Crippen LogP contribution is -1.99. The first kappa shape index (κ1) is 12.6. The quantitative estimate of drug-likeness (QED) is 0.765. The fourth-order valence-corrected chi connectivity index (χ4v) is 2.34. The predicted octanol–water partition coefficient (Wildman–Crippen LogP) is 4.57. The largest absolute Gasteiger partial charge is 0.464 e. The molecule has 0 aliphatic rings. The monoisotopic (exact) mass is 282 g/mol. The first-order valence-electron chi connectivity index (χ1n) is 6.16. The van der Waals surface area contributed by atoms with Crippen LogP contribution < -0.4 is 5.32 Å². The van der Waals surface area contributed by atoms with E-state index in [0.29, 0.717) is 17.1 Å². The Hall–Kier alpha value is -2.44. The van der Waals surface area contributed by atoms with E-state index in [0.717, 1.165) is 22.2 Å². The molecule has 3 nitrogen and oxygen atoms in total. The van der Waals surface area contributed by atoms with Gasteiger partial charge in [0.15, 0.2) is 0 Å². The van der Waals surface area contributed by atoms with Crippen LogP contribution in [0, 0.1) is 11.3 Å². The van der Waals surface area contributed by atoms with Crippen molar-refractivity contribution in [2.24, 2.45) is 0 Å². The first-order chi connectivity index (χ1) is 9.78. The fourth-order valence-electron chi connectivity index (χ4n) is 2.09. The van der Waals surface area contributed by atoms with Crippen LogP contribution in [-0.4, -0.2) is 0 Å². The Morgan fingerprint density at radius 1 is 1.20 bits per heavy atom. The molecule has 98 valence electrons. The smallest absolute Gasteiger partial charge is 0.134 e. The molecule has 4 heteroatoms. The van der Waals surface area contributed by atoms with Gasteiger partial charge in [-0.2, -0.15) is 5.26 Å². The van der Waals surface area contributed by atoms with Gasteiger partial charge in [-0.15, -0.1) is 0 Å². The number of nitrogens with one attached hydrogen (secondary N) is 1. The number of nitrogens with zero attached hydrogens (tertiary/aromatic N) is 1. The molecule has 3 rings (SSSR count). The molecule has 2 aromatic carbocycles. The minimum Gasteiger partial charge on any atom is -0.464 e. The van der Waals surface area contributed by atoms with E-state index in [2.05, 4.69) is 11.4 Å². The molecule has 3 aromatic rings. The Balaban J connectivity index is 1.81. The van der Waals surface area contributed by atoms with Crippen LogP contribution in [0.1, 0.15) is 11.1 Å². The number of hydrogen-bond donors (Lipinski definition) is 1. The molecule has 20 heavy (non-hydrogen) atoms. The summed E-state index contributed by atoms with van der Waals surface area (Å²) in [5.41, 5.74) is 3.29. The molecule has 0 aliphatic heterocycles. The molecule has 0 amide bonds. The SMILES string of the molecule is N#Cc1ccc(NCc2coc3ccccc23)c(Cl)c1. The zero-order chi connectivity index (χ0) is 13.9. The van der Waals surface area contributed by atoms with Crippen LogP contribution in [0.15, 0.2) is 53.1 Å². The van der Waals surface area contributed by atoms with Crippen LogP contribution >= 0.6 is 11.6 Å². The summed E-state index contributed by atoms with van der Waals surface area (Å²) >= 11 is 6.13. The summed E-state index contributed by atoms with van der Waals surface area (Å²) in [5, 5.41) is 13.7. The molecule has 0 bridgehead atoms. The van der Waals surface area contributed by atoms with Crippen molar-refractivity contribution >= 4 is 28.3 Å². The highest BCUT2D eigenvalue weighted by Crippen LogP contribution is 2.25. The Labute approximate surface area is 121 Å². The molecule has 1 aromatic heterocycles. The Morgan fingerprint density at radius 2 is 2.05 bits per heavy atom. The summed E-state index contributed by atoms with van der Waals surface area (Å²) in [7, 11) is 0. The van der Waals surface area contributed by atoms with Gasteiger partial charge in [0.25, 0.3) is 0 Å². The van der Waals surface area contributed by atoms with Gasteiger partial charge in [-0.05, 0) is 24.3 Å². The van der Waals surface area contributed by atoms with Gasteiger partial charge in [-0.25, -0.2) is 0 Å². The van der Waals surface area contributed by atoms with E-state index >= 15 is 0 Å². The molecule has 0 aliphatic carbocycles. The number of para-hydroxylation sites is 1. The molecule has 0 spiro atoms. The van der Waals surface area contributed by atoms with Crippen molar-refractivity contribution in [1.82, 2.24) is 0 Å². The highest BCUT2D eigenvalue weighted by molar-refractivity contribution is 6.33. The third-order valence-electron chi connectivity index (χ3n) is 3.13. The third-order valence-corrected chi connectivity index (χ3v) is 3.44. The second-order valence-corrected chi connectivity index (χ2v) is 4.82. The topological polar surface area (TPSA) is 49.0 Å². The van der Waals surface area contributed by atoms with Crippen molar-refractivity contribution < 1.29 is 4.42 Å². The van der Waals surface area contributed by atoms with Crippen molar-refractivity contribution in [2.45, 2.75) is 6.54 Å². The van der Waals surface area contributed by atoms with Crippen molar-refractivity contribution in [3.05, 3.63) is 64.9 Å². The van der Waals surface area contributed by atoms with Gasteiger partial charge in [0, 0.05) is 17.5 Å². The van der Waals surface area contributed by atoms with Crippen molar-refractivity contribution in [3.63, 3.8) is 0 Å². The average Bonchev–Trinajstić information content (AvgIpc) is 2.89. The van der Waals surface area contributed by atoms with Crippen LogP contribution in [0.2, 0.25) is 5.02 Å². The first-order valence-corrected chi connectivity index (χ1v) is 6.54. The van der Waals surface area contributed by atoms with E-state index in [1.54, 1.807) is 18.4 Å². The molecule has 0 atom stereocenters. The zero-order valence-electron chi connectivity index (χ0n) is 10.6. The predicted molar refractivity (Wildman–Crippen MR) is 79.7 cm³/mol. The van der Waals surface area contributed by atoms with Crippen molar-refractivity contribution in [1.29, 1.82) is 5.26 Å². The molecule has 1 heterocycles. The number of hydrogen-bond acceptors (Lipinski definition) is 3. The number of anilines is 1. The molecular weight excluding hydrogens is 272 g/mol. The number of benzene rings is 2. The lowest BCUT2D eigenvalue weighted by atomic mass is 10.1. The van der Waals surface area contributed by atoms with Gasteiger partial charge in [0.1, 0.15) is 5.58 Å². The van der Waals surface area contributed by atoms with Crippen LogP contribution in [0.5, 0.6) is 0 Å². The van der Waals surface area contributed by atoms with Crippen LogP contribution in [0.3, 0.4) is 0 Å². The number of halogens is 1. The molecule has 1 N–H and O–H groups in total. The van der Waals surface area contributed by atoms with Gasteiger partial charge in [-0.3, -0.25) is 0 Å². The third kappa shape index (κ3) is 2.34. The minimum atomic E-state index is 0.539. The van der Waals surface area contributed by atoms with Gasteiger partial charge in [0.05, 0.1) is 28.6 Å². The number of nitriles is 1. The van der Waals surface area contributed by atoms with E-state index in [1.807, 2.05) is 30.3 Å². The van der Waals surface area contributed by atoms with Crippen LogP contribution in [-0.2, 0) is 6.54 Å².